The van der Waals surface area contributed by atoms with Crippen LogP contribution in [0.5, 0.6) is 0 Å². The van der Waals surface area contributed by atoms with E-state index in [1.165, 1.54) is 28.4 Å². The minimum Gasteiger partial charge on any atom is -0.448 e. The standard InChI is InChI=1S/C29H24Cl2N4O5S2/c30-18-11-12-19(31)21(13-18)41-15-22(36)34-23-26(37)35-24(20(33-29(32)39)14-42-27(23)35)28(38)40-25(16-7-3-1-4-8-16)17-9-5-2-6-10-17/h1-13,23,25,27H,14-15H2,(H,34,36)(H3,32,33,39)/t23?,27-/m1/s1. The Hall–Kier alpha value is -3.64. The highest BCUT2D eigenvalue weighted by atomic mass is 35.5. The van der Waals surface area contributed by atoms with Crippen LogP contribution in [-0.4, -0.2) is 51.6 Å². The molecule has 5 rings (SSSR count). The van der Waals surface area contributed by atoms with E-state index in [2.05, 4.69) is 10.6 Å². The van der Waals surface area contributed by atoms with E-state index in [1.54, 1.807) is 18.2 Å². The van der Waals surface area contributed by atoms with Gasteiger partial charge in [0.2, 0.25) is 5.91 Å². The zero-order valence-corrected chi connectivity index (χ0v) is 24.9. The van der Waals surface area contributed by atoms with Gasteiger partial charge in [-0.3, -0.25) is 14.5 Å². The van der Waals surface area contributed by atoms with Crippen LogP contribution >= 0.6 is 46.7 Å². The van der Waals surface area contributed by atoms with Gasteiger partial charge in [0.1, 0.15) is 11.4 Å². The van der Waals surface area contributed by atoms with Crippen LogP contribution in [0.1, 0.15) is 17.2 Å². The molecule has 2 aliphatic heterocycles. The fourth-order valence-electron chi connectivity index (χ4n) is 4.55. The van der Waals surface area contributed by atoms with Crippen LogP contribution in [0, 0.1) is 0 Å². The summed E-state index contributed by atoms with van der Waals surface area (Å²) < 4.78 is 5.99. The van der Waals surface area contributed by atoms with E-state index in [4.69, 9.17) is 33.7 Å². The summed E-state index contributed by atoms with van der Waals surface area (Å²) in [5.74, 6) is -1.57. The molecule has 0 aromatic heterocycles. The average Bonchev–Trinajstić information content (AvgIpc) is 2.99. The van der Waals surface area contributed by atoms with Crippen LogP contribution in [0.15, 0.2) is 95.2 Å². The lowest BCUT2D eigenvalue weighted by atomic mass is 10.0. The Balaban J connectivity index is 1.34. The quantitative estimate of drug-likeness (QED) is 0.175. The number of hydrogen-bond donors (Lipinski definition) is 3. The van der Waals surface area contributed by atoms with Crippen molar-refractivity contribution in [2.24, 2.45) is 5.73 Å². The van der Waals surface area contributed by atoms with Gasteiger partial charge in [-0.05, 0) is 29.3 Å². The summed E-state index contributed by atoms with van der Waals surface area (Å²) in [6.45, 7) is 0. The zero-order valence-electron chi connectivity index (χ0n) is 21.8. The summed E-state index contributed by atoms with van der Waals surface area (Å²) in [5.41, 5.74) is 6.85. The maximum Gasteiger partial charge on any atom is 0.357 e. The number of nitrogens with two attached hydrogens (primary N) is 1. The molecule has 0 aliphatic carbocycles. The lowest BCUT2D eigenvalue weighted by Gasteiger charge is -2.49. The van der Waals surface area contributed by atoms with Crippen molar-refractivity contribution in [2.45, 2.75) is 22.4 Å². The number of thioether (sulfide) groups is 2. The maximum absolute atomic E-state index is 13.7. The molecule has 13 heteroatoms. The van der Waals surface area contributed by atoms with Crippen LogP contribution in [0.2, 0.25) is 10.0 Å². The van der Waals surface area contributed by atoms with Gasteiger partial charge < -0.3 is 21.1 Å². The third-order valence-corrected chi connectivity index (χ3v) is 9.45. The molecule has 4 amide bonds. The second-order valence-corrected chi connectivity index (χ2v) is 12.2. The van der Waals surface area contributed by atoms with Crippen LogP contribution in [-0.2, 0) is 19.1 Å². The van der Waals surface area contributed by atoms with Gasteiger partial charge in [0, 0.05) is 15.7 Å². The molecule has 2 heterocycles. The largest absolute Gasteiger partial charge is 0.448 e. The number of carbonyl (C=O) groups is 4. The van der Waals surface area contributed by atoms with Crippen molar-refractivity contribution in [3.63, 3.8) is 0 Å². The van der Waals surface area contributed by atoms with Crippen molar-refractivity contribution < 1.29 is 23.9 Å². The van der Waals surface area contributed by atoms with E-state index in [-0.39, 0.29) is 22.9 Å². The number of carbonyl (C=O) groups excluding carboxylic acids is 4. The fourth-order valence-corrected chi connectivity index (χ4v) is 7.13. The van der Waals surface area contributed by atoms with E-state index in [1.807, 2.05) is 60.7 Å². The molecule has 0 spiro atoms. The topological polar surface area (TPSA) is 131 Å². The highest BCUT2D eigenvalue weighted by molar-refractivity contribution is 8.00. The molecule has 216 valence electrons. The highest BCUT2D eigenvalue weighted by Gasteiger charge is 2.55. The van der Waals surface area contributed by atoms with E-state index in [9.17, 15) is 19.2 Å². The summed E-state index contributed by atoms with van der Waals surface area (Å²) in [5, 5.41) is 5.56. The summed E-state index contributed by atoms with van der Waals surface area (Å²) in [6.07, 6.45) is -0.780. The van der Waals surface area contributed by atoms with Crippen molar-refractivity contribution >= 4 is 70.5 Å². The molecule has 4 N–H and O–H groups in total. The molecule has 3 aromatic rings. The number of halogens is 2. The van der Waals surface area contributed by atoms with Gasteiger partial charge in [0.25, 0.3) is 5.91 Å². The summed E-state index contributed by atoms with van der Waals surface area (Å²) in [4.78, 5) is 53.5. The number of primary amides is 1. The minimum atomic E-state index is -0.883. The molecule has 2 atom stereocenters. The molecule has 0 bridgehead atoms. The molecule has 3 aromatic carbocycles. The number of urea groups is 1. The molecule has 42 heavy (non-hydrogen) atoms. The number of β-lactam (4-membered cyclic amide) rings is 1. The van der Waals surface area contributed by atoms with Crippen LogP contribution in [0.25, 0.3) is 0 Å². The number of nitrogens with one attached hydrogen (secondary N) is 2. The number of ether oxygens (including phenoxy) is 1. The first-order chi connectivity index (χ1) is 20.2. The molecule has 1 fully saturated rings. The fraction of sp³-hybridized carbons (Fsp3) is 0.172. The Morgan fingerprint density at radius 1 is 1.02 bits per heavy atom. The van der Waals surface area contributed by atoms with Crippen molar-refractivity contribution in [1.82, 2.24) is 15.5 Å². The van der Waals surface area contributed by atoms with E-state index >= 15 is 0 Å². The Labute approximate surface area is 260 Å². The monoisotopic (exact) mass is 642 g/mol. The van der Waals surface area contributed by atoms with Gasteiger partial charge in [-0.1, -0.05) is 83.9 Å². The van der Waals surface area contributed by atoms with E-state index < -0.39 is 41.3 Å². The molecular weight excluding hydrogens is 619 g/mol. The van der Waals surface area contributed by atoms with E-state index in [0.29, 0.717) is 14.9 Å². The molecule has 1 unspecified atom stereocenters. The van der Waals surface area contributed by atoms with Gasteiger partial charge in [0.05, 0.1) is 16.5 Å². The number of nitrogens with zero attached hydrogens (tertiary/aromatic N) is 1. The Kier molecular flexibility index (Phi) is 9.32. The third-order valence-electron chi connectivity index (χ3n) is 6.43. The first-order valence-electron chi connectivity index (χ1n) is 12.7. The van der Waals surface area contributed by atoms with Crippen molar-refractivity contribution in [3.8, 4) is 0 Å². The maximum atomic E-state index is 13.7. The van der Waals surface area contributed by atoms with Crippen molar-refractivity contribution in [2.75, 3.05) is 11.5 Å². The predicted octanol–water partition coefficient (Wildman–Crippen LogP) is 4.70. The zero-order chi connectivity index (χ0) is 29.8. The number of esters is 1. The first kappa shape index (κ1) is 29.8. The minimum absolute atomic E-state index is 0.00369. The normalized spacial score (nSPS) is 17.8. The second-order valence-electron chi connectivity index (χ2n) is 9.24. The molecule has 2 aliphatic rings. The lowest BCUT2D eigenvalue weighted by molar-refractivity contribution is -0.154. The number of rotatable bonds is 9. The van der Waals surface area contributed by atoms with Gasteiger partial charge >= 0.3 is 12.0 Å². The number of benzene rings is 3. The summed E-state index contributed by atoms with van der Waals surface area (Å²) in [6, 6.07) is 21.5. The van der Waals surface area contributed by atoms with Gasteiger partial charge in [-0.2, -0.15) is 0 Å². The highest BCUT2D eigenvalue weighted by Crippen LogP contribution is 2.41. The van der Waals surface area contributed by atoms with Gasteiger partial charge in [0.15, 0.2) is 11.8 Å². The molecular formula is C29H24Cl2N4O5S2. The smallest absolute Gasteiger partial charge is 0.357 e. The van der Waals surface area contributed by atoms with E-state index in [0.717, 1.165) is 11.1 Å². The SMILES string of the molecule is NC(=O)NC1=C(C(=O)OC(c2ccccc2)c2ccccc2)N2C(=O)C(NC(=O)CSc3cc(Cl)ccc3Cl)[C@H]2SC1. The number of amides is 4. The number of hydrogen-bond acceptors (Lipinski definition) is 7. The lowest BCUT2D eigenvalue weighted by Crippen LogP contribution is -2.71. The van der Waals surface area contributed by atoms with Crippen LogP contribution in [0.3, 0.4) is 0 Å². The van der Waals surface area contributed by atoms with Gasteiger partial charge in [-0.15, -0.1) is 23.5 Å². The third kappa shape index (κ3) is 6.54. The van der Waals surface area contributed by atoms with Crippen LogP contribution in [0.4, 0.5) is 4.79 Å². The molecule has 9 nitrogen and oxygen atoms in total. The average molecular weight is 644 g/mol. The molecule has 0 saturated carbocycles. The molecule has 0 radical (unpaired) electrons. The van der Waals surface area contributed by atoms with Crippen LogP contribution < -0.4 is 16.4 Å². The Morgan fingerprint density at radius 2 is 1.67 bits per heavy atom. The van der Waals surface area contributed by atoms with Crippen molar-refractivity contribution in [3.05, 3.63) is 111 Å². The summed E-state index contributed by atoms with van der Waals surface area (Å²) >= 11 is 14.7. The second kappa shape index (κ2) is 13.1. The van der Waals surface area contributed by atoms with Crippen molar-refractivity contribution in [1.29, 1.82) is 0 Å². The van der Waals surface area contributed by atoms with Gasteiger partial charge in [-0.25, -0.2) is 9.59 Å². The predicted molar refractivity (Wildman–Crippen MR) is 163 cm³/mol. The number of fused-ring (bicyclic) bond motifs is 1. The first-order valence-corrected chi connectivity index (χ1v) is 15.4. The Bertz CT molecular complexity index is 1520. The molecule has 1 saturated heterocycles. The Morgan fingerprint density at radius 3 is 2.29 bits per heavy atom. The summed E-state index contributed by atoms with van der Waals surface area (Å²) in [7, 11) is 0.